The zero-order chi connectivity index (χ0) is 8.70. The highest BCUT2D eigenvalue weighted by molar-refractivity contribution is 5.04. The van der Waals surface area contributed by atoms with E-state index in [1.165, 1.54) is 0 Å². The maximum Gasteiger partial charge on any atom is 0.177 e. The molecule has 0 bridgehead atoms. The Hall–Kier alpha value is -0.120. The van der Waals surface area contributed by atoms with Crippen LogP contribution in [0.15, 0.2) is 0 Å². The summed E-state index contributed by atoms with van der Waals surface area (Å²) < 4.78 is 10.5. The fourth-order valence-electron chi connectivity index (χ4n) is 1.67. The summed E-state index contributed by atoms with van der Waals surface area (Å²) in [5, 5.41) is 9.41. The molecule has 66 valence electrons. The maximum atomic E-state index is 9.41. The van der Waals surface area contributed by atoms with Crippen LogP contribution in [0.3, 0.4) is 0 Å². The summed E-state index contributed by atoms with van der Waals surface area (Å²) in [6.45, 7) is 3.88. The lowest BCUT2D eigenvalue weighted by molar-refractivity contribution is -0.358. The molecular weight excluding hydrogens is 144 g/mol. The van der Waals surface area contributed by atoms with E-state index in [4.69, 9.17) is 9.47 Å². The number of hydrogen-bond acceptors (Lipinski definition) is 3. The third kappa shape index (κ3) is 0.916. The lowest BCUT2D eigenvalue weighted by Gasteiger charge is -2.56. The second-order valence-corrected chi connectivity index (χ2v) is 3.60. The van der Waals surface area contributed by atoms with Crippen LogP contribution in [0.5, 0.6) is 0 Å². The summed E-state index contributed by atoms with van der Waals surface area (Å²) in [6.07, 6.45) is 0.245. The minimum absolute atomic E-state index is 0.295. The Bertz CT molecular complexity index is 149. The first-order valence-electron chi connectivity index (χ1n) is 3.78. The molecule has 0 radical (unpaired) electrons. The van der Waals surface area contributed by atoms with Crippen LogP contribution < -0.4 is 0 Å². The second-order valence-electron chi connectivity index (χ2n) is 3.60. The molecule has 1 fully saturated rings. The molecule has 1 saturated carbocycles. The van der Waals surface area contributed by atoms with Crippen LogP contribution in [0, 0.1) is 5.41 Å². The molecule has 1 rings (SSSR count). The first-order chi connectivity index (χ1) is 5.00. The Morgan fingerprint density at radius 1 is 1.27 bits per heavy atom. The molecule has 0 aromatic carbocycles. The van der Waals surface area contributed by atoms with Crippen LogP contribution in [0.25, 0.3) is 0 Å². The average Bonchev–Trinajstić information content (AvgIpc) is 1.99. The summed E-state index contributed by atoms with van der Waals surface area (Å²) in [6, 6.07) is 0. The van der Waals surface area contributed by atoms with E-state index in [1.54, 1.807) is 14.2 Å². The van der Waals surface area contributed by atoms with Gasteiger partial charge in [0.2, 0.25) is 0 Å². The van der Waals surface area contributed by atoms with E-state index >= 15 is 0 Å². The highest BCUT2D eigenvalue weighted by Crippen LogP contribution is 2.51. The van der Waals surface area contributed by atoms with Gasteiger partial charge in [-0.15, -0.1) is 0 Å². The van der Waals surface area contributed by atoms with E-state index < -0.39 is 5.79 Å². The van der Waals surface area contributed by atoms with Gasteiger partial charge in [-0.1, -0.05) is 13.8 Å². The molecule has 11 heavy (non-hydrogen) atoms. The van der Waals surface area contributed by atoms with Crippen LogP contribution in [0.2, 0.25) is 0 Å². The minimum Gasteiger partial charge on any atom is -0.392 e. The van der Waals surface area contributed by atoms with Crippen molar-refractivity contribution in [2.75, 3.05) is 14.2 Å². The topological polar surface area (TPSA) is 38.7 Å². The Kier molecular flexibility index (Phi) is 1.99. The number of methoxy groups -OCH3 is 2. The molecule has 0 amide bonds. The van der Waals surface area contributed by atoms with E-state index in [-0.39, 0.29) is 11.5 Å². The molecule has 1 N–H and O–H groups in total. The van der Waals surface area contributed by atoms with Crippen molar-refractivity contribution in [3.05, 3.63) is 0 Å². The Morgan fingerprint density at radius 3 is 1.82 bits per heavy atom. The molecule has 0 heterocycles. The van der Waals surface area contributed by atoms with Crippen molar-refractivity contribution in [1.82, 2.24) is 0 Å². The largest absolute Gasteiger partial charge is 0.392 e. The van der Waals surface area contributed by atoms with Gasteiger partial charge < -0.3 is 14.6 Å². The Balaban J connectivity index is 2.75. The molecule has 0 aromatic rings. The zero-order valence-electron chi connectivity index (χ0n) is 7.55. The van der Waals surface area contributed by atoms with Gasteiger partial charge in [-0.3, -0.25) is 0 Å². The monoisotopic (exact) mass is 160 g/mol. The number of hydrogen-bond donors (Lipinski definition) is 1. The van der Waals surface area contributed by atoms with Crippen LogP contribution in [-0.2, 0) is 9.47 Å². The van der Waals surface area contributed by atoms with Gasteiger partial charge in [-0.2, -0.15) is 0 Å². The van der Waals surface area contributed by atoms with Gasteiger partial charge in [0.15, 0.2) is 5.79 Å². The predicted molar refractivity (Wildman–Crippen MR) is 41.2 cm³/mol. The van der Waals surface area contributed by atoms with Gasteiger partial charge in [0.1, 0.15) is 0 Å². The molecule has 0 saturated heterocycles. The molecular formula is C8H16O3. The molecule has 0 aromatic heterocycles. The van der Waals surface area contributed by atoms with Crippen LogP contribution in [0.1, 0.15) is 20.3 Å². The number of aliphatic hydroxyl groups excluding tert-OH is 1. The summed E-state index contributed by atoms with van der Waals surface area (Å²) in [4.78, 5) is 0. The highest BCUT2D eigenvalue weighted by atomic mass is 16.7. The summed E-state index contributed by atoms with van der Waals surface area (Å²) in [5.41, 5.74) is -0.295. The highest BCUT2D eigenvalue weighted by Gasteiger charge is 2.61. The molecule has 1 aliphatic rings. The van der Waals surface area contributed by atoms with Crippen molar-refractivity contribution in [2.24, 2.45) is 5.41 Å². The Morgan fingerprint density at radius 2 is 1.73 bits per heavy atom. The van der Waals surface area contributed by atoms with E-state index in [0.717, 1.165) is 0 Å². The maximum absolute atomic E-state index is 9.41. The number of aliphatic hydroxyl groups is 1. The Labute approximate surface area is 67.3 Å². The number of rotatable bonds is 2. The van der Waals surface area contributed by atoms with E-state index in [0.29, 0.717) is 6.42 Å². The lowest BCUT2D eigenvalue weighted by Crippen LogP contribution is -2.65. The zero-order valence-corrected chi connectivity index (χ0v) is 7.55. The van der Waals surface area contributed by atoms with E-state index in [1.807, 2.05) is 13.8 Å². The second kappa shape index (κ2) is 2.44. The van der Waals surface area contributed by atoms with Gasteiger partial charge in [-0.25, -0.2) is 0 Å². The van der Waals surface area contributed by atoms with Crippen molar-refractivity contribution >= 4 is 0 Å². The number of ether oxygens (including phenoxy) is 2. The first kappa shape index (κ1) is 8.97. The van der Waals surface area contributed by atoms with Crippen molar-refractivity contribution in [3.8, 4) is 0 Å². The van der Waals surface area contributed by atoms with Gasteiger partial charge in [0.05, 0.1) is 6.10 Å². The third-order valence-corrected chi connectivity index (χ3v) is 2.94. The summed E-state index contributed by atoms with van der Waals surface area (Å²) in [7, 11) is 3.22. The van der Waals surface area contributed by atoms with Crippen molar-refractivity contribution in [3.63, 3.8) is 0 Å². The van der Waals surface area contributed by atoms with Crippen LogP contribution in [0.4, 0.5) is 0 Å². The molecule has 1 atom stereocenters. The van der Waals surface area contributed by atoms with Crippen molar-refractivity contribution < 1.29 is 14.6 Å². The standard InChI is InChI=1S/C8H16O3/c1-7(2)6(9)5-8(7,10-3)11-4/h6,9H,5H2,1-4H3. The van der Waals surface area contributed by atoms with E-state index in [2.05, 4.69) is 0 Å². The lowest BCUT2D eigenvalue weighted by atomic mass is 9.63. The molecule has 3 heteroatoms. The first-order valence-corrected chi connectivity index (χ1v) is 3.78. The third-order valence-electron chi connectivity index (χ3n) is 2.94. The fourth-order valence-corrected chi connectivity index (χ4v) is 1.67. The van der Waals surface area contributed by atoms with Crippen molar-refractivity contribution in [1.29, 1.82) is 0 Å². The van der Waals surface area contributed by atoms with Gasteiger partial charge >= 0.3 is 0 Å². The predicted octanol–water partition coefficient (Wildman–Crippen LogP) is 0.766. The summed E-state index contributed by atoms with van der Waals surface area (Å²) >= 11 is 0. The van der Waals surface area contributed by atoms with Gasteiger partial charge in [0, 0.05) is 26.1 Å². The fraction of sp³-hybridized carbons (Fsp3) is 1.00. The van der Waals surface area contributed by atoms with Crippen LogP contribution in [-0.4, -0.2) is 31.2 Å². The van der Waals surface area contributed by atoms with Gasteiger partial charge in [-0.05, 0) is 0 Å². The van der Waals surface area contributed by atoms with Crippen molar-refractivity contribution in [2.45, 2.75) is 32.2 Å². The molecule has 1 unspecified atom stereocenters. The van der Waals surface area contributed by atoms with Gasteiger partial charge in [0.25, 0.3) is 0 Å². The summed E-state index contributed by atoms with van der Waals surface area (Å²) in [5.74, 6) is -0.577. The SMILES string of the molecule is COC1(OC)CC(O)C1(C)C. The molecule has 0 aliphatic heterocycles. The van der Waals surface area contributed by atoms with Crippen LogP contribution >= 0.6 is 0 Å². The smallest absolute Gasteiger partial charge is 0.177 e. The minimum atomic E-state index is -0.577. The van der Waals surface area contributed by atoms with E-state index in [9.17, 15) is 5.11 Å². The molecule has 1 aliphatic carbocycles. The molecule has 3 nitrogen and oxygen atoms in total. The quantitative estimate of drug-likeness (QED) is 0.606. The average molecular weight is 160 g/mol. The molecule has 0 spiro atoms. The normalized spacial score (nSPS) is 33.0.